The lowest BCUT2D eigenvalue weighted by Crippen LogP contribution is -2.41. The maximum atomic E-state index is 12.8. The minimum atomic E-state index is -4.68. The predicted octanol–water partition coefficient (Wildman–Crippen LogP) is 3.92. The minimum Gasteiger partial charge on any atom is -0.207 e. The lowest BCUT2D eigenvalue weighted by molar-refractivity contribution is -0.137. The molecule has 1 atom stereocenters. The summed E-state index contributed by atoms with van der Waals surface area (Å²) in [6.45, 7) is 2.09. The zero-order valence-electron chi connectivity index (χ0n) is 11.3. The third-order valence-electron chi connectivity index (χ3n) is 3.59. The molecule has 0 amide bonds. The Morgan fingerprint density at radius 3 is 2.52 bits per heavy atom. The van der Waals surface area contributed by atoms with Crippen LogP contribution in [0.1, 0.15) is 31.7 Å². The summed E-state index contributed by atoms with van der Waals surface area (Å²) in [6, 6.07) is 2.49. The Morgan fingerprint density at radius 2 is 1.95 bits per heavy atom. The highest BCUT2D eigenvalue weighted by Gasteiger charge is 2.36. The van der Waals surface area contributed by atoms with Crippen LogP contribution in [-0.4, -0.2) is 25.3 Å². The van der Waals surface area contributed by atoms with Crippen LogP contribution in [0.25, 0.3) is 0 Å². The topological polar surface area (TPSA) is 37.4 Å². The molecule has 0 aliphatic carbocycles. The Morgan fingerprint density at radius 1 is 1.29 bits per heavy atom. The standard InChI is InChI=1S/C13H15ClF3NO2S/c1-9-4-2-3-7-18(9)21(19,20)10-5-6-12(14)11(8-10)13(15,16)17/h5-6,8-9H,2-4,7H2,1H3/t9-/m1/s1. The van der Waals surface area contributed by atoms with Crippen molar-refractivity contribution >= 4 is 21.6 Å². The molecule has 1 aliphatic heterocycles. The molecule has 8 heteroatoms. The van der Waals surface area contributed by atoms with Gasteiger partial charge in [0, 0.05) is 12.6 Å². The maximum Gasteiger partial charge on any atom is 0.417 e. The van der Waals surface area contributed by atoms with Crippen molar-refractivity contribution in [1.29, 1.82) is 0 Å². The van der Waals surface area contributed by atoms with Gasteiger partial charge in [-0.25, -0.2) is 8.42 Å². The Bertz CT molecular complexity index is 631. The molecule has 0 saturated carbocycles. The van der Waals surface area contributed by atoms with E-state index in [0.717, 1.165) is 18.6 Å². The normalized spacial score (nSPS) is 21.5. The largest absolute Gasteiger partial charge is 0.417 e. The smallest absolute Gasteiger partial charge is 0.207 e. The second-order valence-corrected chi connectivity index (χ2v) is 7.40. The molecule has 1 saturated heterocycles. The summed E-state index contributed by atoms with van der Waals surface area (Å²) >= 11 is 5.52. The molecule has 1 aromatic rings. The second-order valence-electron chi connectivity index (χ2n) is 5.10. The molecule has 1 fully saturated rings. The molecule has 118 valence electrons. The molecule has 2 rings (SSSR count). The number of hydrogen-bond donors (Lipinski definition) is 0. The first-order chi connectivity index (χ1) is 9.64. The molecule has 1 aromatic carbocycles. The van der Waals surface area contributed by atoms with Crippen LogP contribution in [-0.2, 0) is 16.2 Å². The van der Waals surface area contributed by atoms with Crippen LogP contribution in [0.15, 0.2) is 23.1 Å². The van der Waals surface area contributed by atoms with E-state index in [9.17, 15) is 21.6 Å². The summed E-state index contributed by atoms with van der Waals surface area (Å²) in [7, 11) is -3.94. The first-order valence-corrected chi connectivity index (χ1v) is 8.34. The Kier molecular flexibility index (Phi) is 4.56. The summed E-state index contributed by atoms with van der Waals surface area (Å²) in [6.07, 6.45) is -2.35. The molecule has 1 aliphatic rings. The zero-order valence-corrected chi connectivity index (χ0v) is 12.9. The fourth-order valence-electron chi connectivity index (χ4n) is 2.45. The highest BCUT2D eigenvalue weighted by Crippen LogP contribution is 2.37. The highest BCUT2D eigenvalue weighted by molar-refractivity contribution is 7.89. The van der Waals surface area contributed by atoms with Crippen molar-refractivity contribution in [2.75, 3.05) is 6.54 Å². The molecule has 0 radical (unpaired) electrons. The number of halogens is 4. The zero-order chi connectivity index (χ0) is 15.8. The number of sulfonamides is 1. The van der Waals surface area contributed by atoms with Gasteiger partial charge < -0.3 is 0 Å². The van der Waals surface area contributed by atoms with E-state index in [0.29, 0.717) is 25.5 Å². The number of piperidine rings is 1. The minimum absolute atomic E-state index is 0.214. The molecule has 0 bridgehead atoms. The SMILES string of the molecule is C[C@@H]1CCCCN1S(=O)(=O)c1ccc(Cl)c(C(F)(F)F)c1. The van der Waals surface area contributed by atoms with Crippen LogP contribution in [0.3, 0.4) is 0 Å². The van der Waals surface area contributed by atoms with Crippen LogP contribution < -0.4 is 0 Å². The van der Waals surface area contributed by atoms with Crippen molar-refractivity contribution in [3.05, 3.63) is 28.8 Å². The van der Waals surface area contributed by atoms with Gasteiger partial charge in [0.1, 0.15) is 0 Å². The van der Waals surface area contributed by atoms with Crippen molar-refractivity contribution in [3.63, 3.8) is 0 Å². The van der Waals surface area contributed by atoms with Gasteiger partial charge in [0.15, 0.2) is 0 Å². The van der Waals surface area contributed by atoms with Gasteiger partial charge in [-0.1, -0.05) is 18.0 Å². The molecule has 0 N–H and O–H groups in total. The summed E-state index contributed by atoms with van der Waals surface area (Å²) in [5.41, 5.74) is -1.13. The van der Waals surface area contributed by atoms with Crippen molar-refractivity contribution < 1.29 is 21.6 Å². The first-order valence-electron chi connectivity index (χ1n) is 6.52. The van der Waals surface area contributed by atoms with Crippen molar-refractivity contribution in [2.24, 2.45) is 0 Å². The third kappa shape index (κ3) is 3.35. The summed E-state index contributed by atoms with van der Waals surface area (Å²) < 4.78 is 64.8. The summed E-state index contributed by atoms with van der Waals surface area (Å²) in [5, 5.41) is -0.506. The molecule has 0 spiro atoms. The van der Waals surface area contributed by atoms with E-state index in [1.807, 2.05) is 0 Å². The number of nitrogens with zero attached hydrogens (tertiary/aromatic N) is 1. The van der Waals surface area contributed by atoms with E-state index in [4.69, 9.17) is 11.6 Å². The Labute approximate surface area is 126 Å². The molecular weight excluding hydrogens is 327 g/mol. The van der Waals surface area contributed by atoms with Crippen LogP contribution in [0.2, 0.25) is 5.02 Å². The second kappa shape index (κ2) is 5.78. The van der Waals surface area contributed by atoms with Crippen molar-refractivity contribution in [3.8, 4) is 0 Å². The molecule has 0 unspecified atom stereocenters. The van der Waals surface area contributed by atoms with E-state index >= 15 is 0 Å². The van der Waals surface area contributed by atoms with Crippen LogP contribution in [0, 0.1) is 0 Å². The number of alkyl halides is 3. The Balaban J connectivity index is 2.46. The fourth-order valence-corrected chi connectivity index (χ4v) is 4.40. The first kappa shape index (κ1) is 16.6. The number of benzene rings is 1. The summed E-state index contributed by atoms with van der Waals surface area (Å²) in [4.78, 5) is -0.368. The monoisotopic (exact) mass is 341 g/mol. The molecular formula is C13H15ClF3NO2S. The van der Waals surface area contributed by atoms with Gasteiger partial charge in [0.05, 0.1) is 15.5 Å². The van der Waals surface area contributed by atoms with Crippen molar-refractivity contribution in [1.82, 2.24) is 4.31 Å². The van der Waals surface area contributed by atoms with Gasteiger partial charge in [-0.05, 0) is 38.0 Å². The molecule has 3 nitrogen and oxygen atoms in total. The average Bonchev–Trinajstić information content (AvgIpc) is 2.37. The van der Waals surface area contributed by atoms with Gasteiger partial charge in [-0.15, -0.1) is 0 Å². The number of hydrogen-bond acceptors (Lipinski definition) is 2. The predicted molar refractivity (Wildman–Crippen MR) is 73.7 cm³/mol. The lowest BCUT2D eigenvalue weighted by Gasteiger charge is -2.32. The highest BCUT2D eigenvalue weighted by atomic mass is 35.5. The van der Waals surface area contributed by atoms with Gasteiger partial charge in [-0.2, -0.15) is 17.5 Å². The van der Waals surface area contributed by atoms with Crippen LogP contribution >= 0.6 is 11.6 Å². The maximum absolute atomic E-state index is 12.8. The van der Waals surface area contributed by atoms with Gasteiger partial charge in [0.2, 0.25) is 10.0 Å². The molecule has 1 heterocycles. The molecule has 21 heavy (non-hydrogen) atoms. The van der Waals surface area contributed by atoms with E-state index < -0.39 is 26.8 Å². The van der Waals surface area contributed by atoms with E-state index in [-0.39, 0.29) is 10.9 Å². The van der Waals surface area contributed by atoms with Gasteiger partial charge >= 0.3 is 6.18 Å². The fraction of sp³-hybridized carbons (Fsp3) is 0.538. The van der Waals surface area contributed by atoms with Gasteiger partial charge in [-0.3, -0.25) is 0 Å². The molecule has 0 aromatic heterocycles. The lowest BCUT2D eigenvalue weighted by atomic mass is 10.1. The van der Waals surface area contributed by atoms with Gasteiger partial charge in [0.25, 0.3) is 0 Å². The van der Waals surface area contributed by atoms with Crippen molar-refractivity contribution in [2.45, 2.75) is 43.3 Å². The summed E-state index contributed by atoms with van der Waals surface area (Å²) in [5.74, 6) is 0. The van der Waals surface area contributed by atoms with Crippen LogP contribution in [0.4, 0.5) is 13.2 Å². The Hall–Kier alpha value is -0.790. The van der Waals surface area contributed by atoms with E-state index in [1.54, 1.807) is 6.92 Å². The quantitative estimate of drug-likeness (QED) is 0.817. The van der Waals surface area contributed by atoms with Crippen LogP contribution in [0.5, 0.6) is 0 Å². The van der Waals surface area contributed by atoms with E-state index in [2.05, 4.69) is 0 Å². The average molecular weight is 342 g/mol. The third-order valence-corrected chi connectivity index (χ3v) is 5.93. The van der Waals surface area contributed by atoms with E-state index in [1.165, 1.54) is 4.31 Å². The number of rotatable bonds is 2.